The molecular formula is C45H74NO8P. The predicted molar refractivity (Wildman–Crippen MR) is 229 cm³/mol. The van der Waals surface area contributed by atoms with Gasteiger partial charge in [-0.15, -0.1) is 0 Å². The highest BCUT2D eigenvalue weighted by Gasteiger charge is 2.23. The Hall–Kier alpha value is -3.07. The third kappa shape index (κ3) is 41.9. The normalized spacial score (nSPS) is 14.3. The number of nitrogens with one attached hydrogen (secondary N) is 1. The number of phosphoric acid groups is 1. The summed E-state index contributed by atoms with van der Waals surface area (Å²) in [4.78, 5) is 33.9. The van der Waals surface area contributed by atoms with Crippen molar-refractivity contribution < 1.29 is 37.9 Å². The molecule has 0 saturated carbocycles. The van der Waals surface area contributed by atoms with E-state index in [9.17, 15) is 24.2 Å². The third-order valence-electron chi connectivity index (χ3n) is 8.01. The van der Waals surface area contributed by atoms with E-state index in [2.05, 4.69) is 116 Å². The number of aliphatic hydroxyl groups excluding tert-OH is 1. The van der Waals surface area contributed by atoms with Gasteiger partial charge in [0.25, 0.3) is 0 Å². The molecular weight excluding hydrogens is 713 g/mol. The summed E-state index contributed by atoms with van der Waals surface area (Å²) in [6, 6.07) is 0. The van der Waals surface area contributed by atoms with Crippen LogP contribution in [0, 0.1) is 0 Å². The number of amides is 1. The molecule has 0 spiro atoms. The lowest BCUT2D eigenvalue weighted by Gasteiger charge is -2.15. The molecule has 0 aliphatic rings. The van der Waals surface area contributed by atoms with Crippen LogP contribution >= 0.6 is 7.82 Å². The van der Waals surface area contributed by atoms with Gasteiger partial charge in [0.1, 0.15) is 12.7 Å². The van der Waals surface area contributed by atoms with Crippen molar-refractivity contribution in [2.24, 2.45) is 0 Å². The van der Waals surface area contributed by atoms with E-state index >= 15 is 0 Å². The Morgan fingerprint density at radius 1 is 0.564 bits per heavy atom. The molecule has 0 aliphatic heterocycles. The summed E-state index contributed by atoms with van der Waals surface area (Å²) < 4.78 is 26.8. The molecule has 2 unspecified atom stereocenters. The minimum Gasteiger partial charge on any atom is -0.463 e. The lowest BCUT2D eigenvalue weighted by molar-refractivity contribution is -0.147. The molecule has 0 aromatic heterocycles. The Labute approximate surface area is 334 Å². The molecule has 0 fully saturated rings. The molecule has 312 valence electrons. The molecule has 0 radical (unpaired) electrons. The van der Waals surface area contributed by atoms with E-state index in [4.69, 9.17) is 13.8 Å². The number of hydrogen-bond donors (Lipinski definition) is 3. The molecule has 1 amide bonds. The maximum absolute atomic E-state index is 12.1. The average Bonchev–Trinajstić information content (AvgIpc) is 3.17. The lowest BCUT2D eigenvalue weighted by Crippen LogP contribution is -2.27. The second-order valence-electron chi connectivity index (χ2n) is 13.2. The zero-order chi connectivity index (χ0) is 40.3. The van der Waals surface area contributed by atoms with E-state index in [-0.39, 0.29) is 32.1 Å². The van der Waals surface area contributed by atoms with E-state index in [1.807, 2.05) is 0 Å². The van der Waals surface area contributed by atoms with Crippen LogP contribution in [0.5, 0.6) is 0 Å². The minimum atomic E-state index is -4.44. The van der Waals surface area contributed by atoms with Crippen LogP contribution in [0.1, 0.15) is 142 Å². The summed E-state index contributed by atoms with van der Waals surface area (Å²) in [6.45, 7) is 3.22. The van der Waals surface area contributed by atoms with E-state index < -0.39 is 26.5 Å². The van der Waals surface area contributed by atoms with Gasteiger partial charge in [-0.25, -0.2) is 4.57 Å². The zero-order valence-electron chi connectivity index (χ0n) is 34.1. The molecule has 0 aromatic rings. The second kappa shape index (κ2) is 40.6. The highest BCUT2D eigenvalue weighted by atomic mass is 31.2. The van der Waals surface area contributed by atoms with Crippen molar-refractivity contribution in [1.82, 2.24) is 5.32 Å². The predicted octanol–water partition coefficient (Wildman–Crippen LogP) is 11.4. The van der Waals surface area contributed by atoms with Gasteiger partial charge in [0, 0.05) is 19.4 Å². The first kappa shape index (κ1) is 51.9. The van der Waals surface area contributed by atoms with Crippen LogP contribution in [0.3, 0.4) is 0 Å². The molecule has 10 heteroatoms. The van der Waals surface area contributed by atoms with Crippen LogP contribution < -0.4 is 5.32 Å². The number of hydrogen-bond acceptors (Lipinski definition) is 7. The van der Waals surface area contributed by atoms with Crippen LogP contribution in [-0.4, -0.2) is 54.3 Å². The number of carbonyl (C=O) groups excluding carboxylic acids is 2. The number of allylic oxidation sites excluding steroid dienone is 16. The Kier molecular flexibility index (Phi) is 38.3. The van der Waals surface area contributed by atoms with Gasteiger partial charge >= 0.3 is 13.8 Å². The van der Waals surface area contributed by atoms with Gasteiger partial charge in [0.15, 0.2) is 0 Å². The molecule has 9 nitrogen and oxygen atoms in total. The molecule has 0 aliphatic carbocycles. The summed E-state index contributed by atoms with van der Waals surface area (Å²) in [5.41, 5.74) is 0. The highest BCUT2D eigenvalue weighted by Crippen LogP contribution is 2.42. The first-order valence-corrected chi connectivity index (χ1v) is 22.2. The van der Waals surface area contributed by atoms with Gasteiger partial charge in [-0.05, 0) is 83.5 Å². The van der Waals surface area contributed by atoms with Crippen LogP contribution in [0.2, 0.25) is 0 Å². The fourth-order valence-corrected chi connectivity index (χ4v) is 5.71. The summed E-state index contributed by atoms with van der Waals surface area (Å²) in [5.74, 6) is -0.596. The van der Waals surface area contributed by atoms with Crippen molar-refractivity contribution in [3.05, 3.63) is 97.2 Å². The first-order valence-electron chi connectivity index (χ1n) is 20.7. The Morgan fingerprint density at radius 2 is 1.00 bits per heavy atom. The molecule has 0 saturated heterocycles. The first-order chi connectivity index (χ1) is 26.8. The molecule has 55 heavy (non-hydrogen) atoms. The highest BCUT2D eigenvalue weighted by molar-refractivity contribution is 7.47. The van der Waals surface area contributed by atoms with Crippen LogP contribution in [0.15, 0.2) is 97.2 Å². The molecule has 0 heterocycles. The summed E-state index contributed by atoms with van der Waals surface area (Å²) >= 11 is 0. The average molecular weight is 788 g/mol. The molecule has 0 aromatic carbocycles. The maximum atomic E-state index is 12.1. The van der Waals surface area contributed by atoms with Crippen molar-refractivity contribution in [2.75, 3.05) is 26.4 Å². The van der Waals surface area contributed by atoms with Gasteiger partial charge in [-0.2, -0.15) is 0 Å². The van der Waals surface area contributed by atoms with E-state index in [1.54, 1.807) is 0 Å². The summed E-state index contributed by atoms with van der Waals surface area (Å²) in [6.07, 6.45) is 52.0. The van der Waals surface area contributed by atoms with Gasteiger partial charge in [0.05, 0.1) is 13.2 Å². The quantitative estimate of drug-likeness (QED) is 0.0245. The SMILES string of the molecule is CC/C=C\C/C=C\C/C=C\C/C=C\C/C=C\CCCC(=O)NCCOP(=O)(O)OCC(O)COC(=O)CCCCCCCCC/C=C\C/C=C\C/C=C\CC. The Balaban J connectivity index is 3.72. The number of esters is 1. The fourth-order valence-electron chi connectivity index (χ4n) is 4.96. The van der Waals surface area contributed by atoms with Gasteiger partial charge in [-0.1, -0.05) is 143 Å². The number of unbranched alkanes of at least 4 members (excludes halogenated alkanes) is 8. The Morgan fingerprint density at radius 3 is 1.51 bits per heavy atom. The van der Waals surface area contributed by atoms with Crippen molar-refractivity contribution in [2.45, 2.75) is 148 Å². The fraction of sp³-hybridized carbons (Fsp3) is 0.600. The topological polar surface area (TPSA) is 131 Å². The largest absolute Gasteiger partial charge is 0.472 e. The Bertz CT molecular complexity index is 1220. The van der Waals surface area contributed by atoms with Crippen molar-refractivity contribution in [1.29, 1.82) is 0 Å². The monoisotopic (exact) mass is 788 g/mol. The molecule has 0 rings (SSSR count). The van der Waals surface area contributed by atoms with Crippen LogP contribution in [0.25, 0.3) is 0 Å². The van der Waals surface area contributed by atoms with E-state index in [0.717, 1.165) is 89.9 Å². The third-order valence-corrected chi connectivity index (χ3v) is 8.99. The van der Waals surface area contributed by atoms with Gasteiger partial charge in [0.2, 0.25) is 5.91 Å². The van der Waals surface area contributed by atoms with Crippen molar-refractivity contribution >= 4 is 19.7 Å². The zero-order valence-corrected chi connectivity index (χ0v) is 35.0. The number of aliphatic hydroxyl groups is 1. The van der Waals surface area contributed by atoms with Crippen molar-refractivity contribution in [3.8, 4) is 0 Å². The van der Waals surface area contributed by atoms with E-state index in [0.29, 0.717) is 12.8 Å². The molecule has 0 bridgehead atoms. The number of ether oxygens (including phenoxy) is 1. The van der Waals surface area contributed by atoms with Crippen molar-refractivity contribution in [3.63, 3.8) is 0 Å². The van der Waals surface area contributed by atoms with E-state index in [1.165, 1.54) is 19.3 Å². The lowest BCUT2D eigenvalue weighted by atomic mass is 10.1. The second-order valence-corrected chi connectivity index (χ2v) is 14.6. The number of carbonyl (C=O) groups is 2. The smallest absolute Gasteiger partial charge is 0.463 e. The maximum Gasteiger partial charge on any atom is 0.472 e. The van der Waals surface area contributed by atoms with Crippen LogP contribution in [-0.2, 0) is 27.9 Å². The number of phosphoric ester groups is 1. The molecule has 3 N–H and O–H groups in total. The standard InChI is InChI=1S/C45H74NO8P/c1-3-5-7-9-11-13-15-17-19-21-23-25-27-29-31-33-35-37-44(48)46-39-40-53-55(50,51)54-42-43(47)41-52-45(49)38-36-34-32-30-28-26-24-22-20-18-16-14-12-10-8-6-4-2/h5-8,11-14,17-20,23,25,29,31,43,47H,3-4,9-10,15-16,21-22,24,26-28,30,32-42H2,1-2H3,(H,46,48)(H,50,51)/b7-5-,8-6-,13-11-,14-12-,19-17-,20-18-,25-23-,31-29-. The number of rotatable bonds is 37. The van der Waals surface area contributed by atoms with Gasteiger partial charge < -0.3 is 20.1 Å². The van der Waals surface area contributed by atoms with Crippen LogP contribution in [0.4, 0.5) is 0 Å². The summed E-state index contributed by atoms with van der Waals surface area (Å²) in [7, 11) is -4.44. The molecule has 2 atom stereocenters. The summed E-state index contributed by atoms with van der Waals surface area (Å²) in [5, 5.41) is 12.6. The minimum absolute atomic E-state index is 0.0440. The van der Waals surface area contributed by atoms with Gasteiger partial charge in [-0.3, -0.25) is 18.6 Å².